The van der Waals surface area contributed by atoms with Crippen LogP contribution in [0.2, 0.25) is 0 Å². The van der Waals surface area contributed by atoms with Gasteiger partial charge in [-0.25, -0.2) is 0 Å². The zero-order chi connectivity index (χ0) is 12.8. The van der Waals surface area contributed by atoms with E-state index >= 15 is 0 Å². The second-order valence-corrected chi connectivity index (χ2v) is 5.14. The van der Waals surface area contributed by atoms with E-state index in [0.717, 1.165) is 38.5 Å². The first-order valence-electron chi connectivity index (χ1n) is 6.88. The fourth-order valence-electron chi connectivity index (χ4n) is 2.58. The van der Waals surface area contributed by atoms with Crippen molar-refractivity contribution in [2.24, 2.45) is 5.92 Å². The number of ether oxygens (including phenoxy) is 1. The number of nitrogens with zero attached hydrogens (tertiary/aromatic N) is 1. The van der Waals surface area contributed by atoms with Gasteiger partial charge in [-0.2, -0.15) is 0 Å². The van der Waals surface area contributed by atoms with E-state index in [9.17, 15) is 9.59 Å². The maximum Gasteiger partial charge on any atom is 0.242 e. The van der Waals surface area contributed by atoms with Crippen molar-refractivity contribution in [2.75, 3.05) is 32.8 Å². The minimum Gasteiger partial charge on any atom is -0.381 e. The van der Waals surface area contributed by atoms with Crippen molar-refractivity contribution in [3.05, 3.63) is 0 Å². The van der Waals surface area contributed by atoms with Crippen LogP contribution in [0.4, 0.5) is 0 Å². The molecular weight excluding hydrogens is 232 g/mol. The van der Waals surface area contributed by atoms with E-state index in [0.29, 0.717) is 0 Å². The standard InChI is InChI=1S/C13H22N2O3/c16-12-10-15(13(17)9-14-12)6-2-1-3-11-4-7-18-8-5-11/h11H,1-10H2,(H,14,16). The lowest BCUT2D eigenvalue weighted by molar-refractivity contribution is -0.140. The highest BCUT2D eigenvalue weighted by atomic mass is 16.5. The SMILES string of the molecule is O=C1CN(CCCCC2CCOCC2)C(=O)CN1. The first kappa shape index (κ1) is 13.3. The van der Waals surface area contributed by atoms with Crippen LogP contribution in [0.15, 0.2) is 0 Å². The number of carbonyl (C=O) groups excluding carboxylic acids is 2. The summed E-state index contributed by atoms with van der Waals surface area (Å²) in [4.78, 5) is 24.4. The van der Waals surface area contributed by atoms with Gasteiger partial charge in [-0.05, 0) is 25.2 Å². The monoisotopic (exact) mass is 254 g/mol. The second-order valence-electron chi connectivity index (χ2n) is 5.14. The predicted octanol–water partition coefficient (Wildman–Crippen LogP) is 0.542. The fourth-order valence-corrected chi connectivity index (χ4v) is 2.58. The lowest BCUT2D eigenvalue weighted by atomic mass is 9.94. The van der Waals surface area contributed by atoms with E-state index in [1.165, 1.54) is 19.3 Å². The summed E-state index contributed by atoms with van der Waals surface area (Å²) in [5, 5.41) is 2.56. The van der Waals surface area contributed by atoms with Crippen molar-refractivity contribution >= 4 is 11.8 Å². The van der Waals surface area contributed by atoms with Crippen LogP contribution in [0.1, 0.15) is 32.1 Å². The number of hydrogen-bond acceptors (Lipinski definition) is 3. The zero-order valence-electron chi connectivity index (χ0n) is 10.8. The van der Waals surface area contributed by atoms with E-state index in [4.69, 9.17) is 4.74 Å². The Morgan fingerprint density at radius 3 is 2.78 bits per heavy atom. The van der Waals surface area contributed by atoms with Crippen molar-refractivity contribution in [2.45, 2.75) is 32.1 Å². The molecular formula is C13H22N2O3. The van der Waals surface area contributed by atoms with Gasteiger partial charge >= 0.3 is 0 Å². The number of piperazine rings is 1. The first-order valence-corrected chi connectivity index (χ1v) is 6.88. The Balaban J connectivity index is 1.59. The molecule has 2 saturated heterocycles. The maximum absolute atomic E-state index is 11.5. The minimum atomic E-state index is -0.0426. The van der Waals surface area contributed by atoms with Crippen molar-refractivity contribution in [1.29, 1.82) is 0 Å². The molecule has 2 rings (SSSR count). The number of amides is 2. The molecule has 0 spiro atoms. The van der Waals surface area contributed by atoms with Crippen molar-refractivity contribution in [1.82, 2.24) is 10.2 Å². The van der Waals surface area contributed by atoms with E-state index < -0.39 is 0 Å². The molecule has 2 aliphatic rings. The summed E-state index contributed by atoms with van der Waals surface area (Å²) < 4.78 is 5.33. The summed E-state index contributed by atoms with van der Waals surface area (Å²) in [5.74, 6) is 0.791. The average molecular weight is 254 g/mol. The lowest BCUT2D eigenvalue weighted by Crippen LogP contribution is -2.51. The molecule has 102 valence electrons. The summed E-state index contributed by atoms with van der Waals surface area (Å²) in [6, 6.07) is 0. The van der Waals surface area contributed by atoms with Crippen molar-refractivity contribution in [3.63, 3.8) is 0 Å². The lowest BCUT2D eigenvalue weighted by Gasteiger charge is -2.27. The van der Waals surface area contributed by atoms with E-state index in [1.807, 2.05) is 0 Å². The van der Waals surface area contributed by atoms with Crippen LogP contribution >= 0.6 is 0 Å². The Morgan fingerprint density at radius 2 is 2.00 bits per heavy atom. The van der Waals surface area contributed by atoms with Crippen LogP contribution in [0, 0.1) is 5.92 Å². The summed E-state index contributed by atoms with van der Waals surface area (Å²) >= 11 is 0. The molecule has 2 amide bonds. The Morgan fingerprint density at radius 1 is 1.22 bits per heavy atom. The average Bonchev–Trinajstić information content (AvgIpc) is 2.40. The van der Waals surface area contributed by atoms with E-state index in [2.05, 4.69) is 5.32 Å². The molecule has 2 aliphatic heterocycles. The number of unbranched alkanes of at least 4 members (excludes halogenated alkanes) is 1. The van der Waals surface area contributed by atoms with Crippen LogP contribution < -0.4 is 5.32 Å². The number of carbonyl (C=O) groups is 2. The van der Waals surface area contributed by atoms with E-state index in [-0.39, 0.29) is 24.9 Å². The fraction of sp³-hybridized carbons (Fsp3) is 0.846. The molecule has 2 fully saturated rings. The molecule has 0 saturated carbocycles. The van der Waals surface area contributed by atoms with Gasteiger partial charge in [0.05, 0.1) is 13.1 Å². The Bertz CT molecular complexity index is 301. The quantitative estimate of drug-likeness (QED) is 0.729. The van der Waals surface area contributed by atoms with Gasteiger partial charge < -0.3 is 15.0 Å². The Kier molecular flexibility index (Phi) is 4.99. The first-order chi connectivity index (χ1) is 8.75. The molecule has 0 aromatic rings. The highest BCUT2D eigenvalue weighted by Crippen LogP contribution is 2.20. The maximum atomic E-state index is 11.5. The third-order valence-corrected chi connectivity index (χ3v) is 3.76. The van der Waals surface area contributed by atoms with Crippen LogP contribution in [0.3, 0.4) is 0 Å². The summed E-state index contributed by atoms with van der Waals surface area (Å²) in [6.45, 7) is 2.91. The van der Waals surface area contributed by atoms with Gasteiger partial charge in [0.1, 0.15) is 0 Å². The van der Waals surface area contributed by atoms with Crippen molar-refractivity contribution in [3.8, 4) is 0 Å². The molecule has 0 radical (unpaired) electrons. The molecule has 18 heavy (non-hydrogen) atoms. The largest absolute Gasteiger partial charge is 0.381 e. The third-order valence-electron chi connectivity index (χ3n) is 3.76. The molecule has 0 aromatic heterocycles. The minimum absolute atomic E-state index is 0.0423. The molecule has 0 bridgehead atoms. The molecule has 1 N–H and O–H groups in total. The van der Waals surface area contributed by atoms with E-state index in [1.54, 1.807) is 4.90 Å². The number of rotatable bonds is 5. The number of hydrogen-bond donors (Lipinski definition) is 1. The topological polar surface area (TPSA) is 58.6 Å². The molecule has 5 heteroatoms. The van der Waals surface area contributed by atoms with Gasteiger partial charge in [0.2, 0.25) is 11.8 Å². The smallest absolute Gasteiger partial charge is 0.242 e. The van der Waals surface area contributed by atoms with Gasteiger partial charge in [-0.15, -0.1) is 0 Å². The molecule has 0 unspecified atom stereocenters. The summed E-state index contributed by atoms with van der Waals surface area (Å²) in [7, 11) is 0. The van der Waals surface area contributed by atoms with Gasteiger partial charge in [0.25, 0.3) is 0 Å². The second kappa shape index (κ2) is 6.73. The van der Waals surface area contributed by atoms with Crippen LogP contribution in [-0.2, 0) is 14.3 Å². The molecule has 0 atom stereocenters. The normalized spacial score (nSPS) is 22.1. The third kappa shape index (κ3) is 3.98. The van der Waals surface area contributed by atoms with Crippen LogP contribution in [-0.4, -0.2) is 49.6 Å². The summed E-state index contributed by atoms with van der Waals surface area (Å²) in [5.41, 5.74) is 0. The summed E-state index contributed by atoms with van der Waals surface area (Å²) in [6.07, 6.45) is 5.69. The Hall–Kier alpha value is -1.10. The molecule has 5 nitrogen and oxygen atoms in total. The van der Waals surface area contributed by atoms with Gasteiger partial charge in [0.15, 0.2) is 0 Å². The molecule has 0 aromatic carbocycles. The number of nitrogens with one attached hydrogen (secondary N) is 1. The van der Waals surface area contributed by atoms with Gasteiger partial charge in [0, 0.05) is 19.8 Å². The highest BCUT2D eigenvalue weighted by Gasteiger charge is 2.22. The highest BCUT2D eigenvalue weighted by molar-refractivity contribution is 5.92. The van der Waals surface area contributed by atoms with Crippen LogP contribution in [0.5, 0.6) is 0 Å². The predicted molar refractivity (Wildman–Crippen MR) is 67.0 cm³/mol. The van der Waals surface area contributed by atoms with Gasteiger partial charge in [-0.3, -0.25) is 9.59 Å². The molecule has 2 heterocycles. The molecule has 0 aliphatic carbocycles. The van der Waals surface area contributed by atoms with Gasteiger partial charge in [-0.1, -0.05) is 12.8 Å². The van der Waals surface area contributed by atoms with Crippen molar-refractivity contribution < 1.29 is 14.3 Å². The zero-order valence-corrected chi connectivity index (χ0v) is 10.8. The van der Waals surface area contributed by atoms with Crippen LogP contribution in [0.25, 0.3) is 0 Å². The Labute approximate surface area is 108 Å².